The lowest BCUT2D eigenvalue weighted by molar-refractivity contribution is -0.113. The van der Waals surface area contributed by atoms with Crippen molar-refractivity contribution in [3.63, 3.8) is 0 Å². The molecule has 3 N–H and O–H groups in total. The number of amidine groups is 1. The second-order valence-corrected chi connectivity index (χ2v) is 9.06. The number of aromatic hydroxyl groups is 3. The van der Waals surface area contributed by atoms with Gasteiger partial charge in [0.1, 0.15) is 0 Å². The summed E-state index contributed by atoms with van der Waals surface area (Å²) in [6.07, 6.45) is 1.48. The molecule has 4 rings (SSSR count). The highest BCUT2D eigenvalue weighted by Gasteiger charge is 2.35. The smallest absolute Gasteiger partial charge is 0.271 e. The summed E-state index contributed by atoms with van der Waals surface area (Å²) in [5.41, 5.74) is 6.06. The Balaban J connectivity index is 1.83. The van der Waals surface area contributed by atoms with Crippen LogP contribution in [-0.4, -0.2) is 26.4 Å². The molecule has 1 aliphatic heterocycles. The summed E-state index contributed by atoms with van der Waals surface area (Å²) in [5.74, 6) is -1.85. The fourth-order valence-electron chi connectivity index (χ4n) is 3.39. The minimum absolute atomic E-state index is 0.216. The van der Waals surface area contributed by atoms with Crippen LogP contribution in [0.25, 0.3) is 6.08 Å². The van der Waals surface area contributed by atoms with Gasteiger partial charge in [0.05, 0.1) is 16.3 Å². The SMILES string of the molecule is Cc1ccc(N=C2S/C(=C\c3ccc(O)c(O)c3O)C(=O)N2c2ccc(C)c(C)c2)cc1C. The number of phenolic OH excluding ortho intramolecular Hbond substituents is 3. The van der Waals surface area contributed by atoms with Crippen molar-refractivity contribution in [2.24, 2.45) is 4.99 Å². The molecule has 0 radical (unpaired) electrons. The number of hydrogen-bond donors (Lipinski definition) is 3. The predicted octanol–water partition coefficient (Wildman–Crippen LogP) is 5.85. The van der Waals surface area contributed by atoms with E-state index in [1.807, 2.05) is 64.1 Å². The number of anilines is 1. The van der Waals surface area contributed by atoms with Crippen molar-refractivity contribution >= 4 is 40.3 Å². The van der Waals surface area contributed by atoms with Gasteiger partial charge in [-0.15, -0.1) is 0 Å². The van der Waals surface area contributed by atoms with Crippen LogP contribution >= 0.6 is 11.8 Å². The maximum Gasteiger partial charge on any atom is 0.271 e. The lowest BCUT2D eigenvalue weighted by atomic mass is 10.1. The summed E-state index contributed by atoms with van der Waals surface area (Å²) in [6, 6.07) is 14.3. The molecule has 0 aliphatic carbocycles. The maximum atomic E-state index is 13.5. The summed E-state index contributed by atoms with van der Waals surface area (Å²) in [6.45, 7) is 8.04. The molecule has 0 spiro atoms. The van der Waals surface area contributed by atoms with Crippen LogP contribution < -0.4 is 4.90 Å². The molecule has 0 aromatic heterocycles. The van der Waals surface area contributed by atoms with E-state index in [0.717, 1.165) is 27.9 Å². The summed E-state index contributed by atoms with van der Waals surface area (Å²) in [7, 11) is 0. The number of aliphatic imine (C=N–C) groups is 1. The largest absolute Gasteiger partial charge is 0.504 e. The van der Waals surface area contributed by atoms with Crippen molar-refractivity contribution in [2.45, 2.75) is 27.7 Å². The summed E-state index contributed by atoms with van der Waals surface area (Å²) < 4.78 is 0. The number of carbonyl (C=O) groups is 1. The van der Waals surface area contributed by atoms with E-state index in [4.69, 9.17) is 4.99 Å². The molecule has 33 heavy (non-hydrogen) atoms. The van der Waals surface area contributed by atoms with E-state index in [0.29, 0.717) is 15.8 Å². The Kier molecular flexibility index (Phi) is 5.91. The normalized spacial score (nSPS) is 16.2. The first-order valence-electron chi connectivity index (χ1n) is 10.4. The van der Waals surface area contributed by atoms with Gasteiger partial charge in [0.15, 0.2) is 16.7 Å². The van der Waals surface area contributed by atoms with Gasteiger partial charge in [0.2, 0.25) is 5.75 Å². The standard InChI is InChI=1S/C26H24N2O4S/c1-14-5-8-19(11-16(14)3)27-26-28(20-9-6-15(2)17(4)12-20)25(32)22(33-26)13-18-7-10-21(29)24(31)23(18)30/h5-13,29-31H,1-4H3/b22-13-,27-26?. The van der Waals surface area contributed by atoms with E-state index < -0.39 is 17.2 Å². The molecule has 0 bridgehead atoms. The van der Waals surface area contributed by atoms with Crippen LogP contribution in [-0.2, 0) is 4.79 Å². The Morgan fingerprint density at radius 2 is 1.48 bits per heavy atom. The number of amides is 1. The zero-order valence-corrected chi connectivity index (χ0v) is 19.6. The van der Waals surface area contributed by atoms with Gasteiger partial charge in [-0.3, -0.25) is 9.69 Å². The zero-order valence-electron chi connectivity index (χ0n) is 18.7. The Bertz CT molecular complexity index is 1340. The molecular weight excluding hydrogens is 436 g/mol. The highest BCUT2D eigenvalue weighted by atomic mass is 32.2. The van der Waals surface area contributed by atoms with Crippen LogP contribution in [0.3, 0.4) is 0 Å². The highest BCUT2D eigenvalue weighted by Crippen LogP contribution is 2.42. The molecule has 1 heterocycles. The van der Waals surface area contributed by atoms with E-state index in [1.165, 1.54) is 30.0 Å². The fraction of sp³-hybridized carbons (Fsp3) is 0.154. The van der Waals surface area contributed by atoms with E-state index in [2.05, 4.69) is 0 Å². The molecular formula is C26H24N2O4S. The first-order valence-corrected chi connectivity index (χ1v) is 11.2. The van der Waals surface area contributed by atoms with Gasteiger partial charge < -0.3 is 15.3 Å². The van der Waals surface area contributed by atoms with Crippen molar-refractivity contribution in [1.29, 1.82) is 0 Å². The second kappa shape index (κ2) is 8.67. The molecule has 0 unspecified atom stereocenters. The highest BCUT2D eigenvalue weighted by molar-refractivity contribution is 8.19. The van der Waals surface area contributed by atoms with Crippen LogP contribution in [0.1, 0.15) is 27.8 Å². The van der Waals surface area contributed by atoms with Crippen LogP contribution in [0.15, 0.2) is 58.4 Å². The Hall–Kier alpha value is -3.71. The van der Waals surface area contributed by atoms with Crippen molar-refractivity contribution in [3.05, 3.63) is 81.3 Å². The van der Waals surface area contributed by atoms with Gasteiger partial charge in [0, 0.05) is 5.56 Å². The van der Waals surface area contributed by atoms with E-state index >= 15 is 0 Å². The zero-order chi connectivity index (χ0) is 23.9. The van der Waals surface area contributed by atoms with Gasteiger partial charge in [-0.25, -0.2) is 4.99 Å². The summed E-state index contributed by atoms with van der Waals surface area (Å²) >= 11 is 1.18. The van der Waals surface area contributed by atoms with Gasteiger partial charge in [-0.05, 0) is 104 Å². The maximum absolute atomic E-state index is 13.5. The lowest BCUT2D eigenvalue weighted by Gasteiger charge is -2.17. The van der Waals surface area contributed by atoms with Crippen LogP contribution in [0.4, 0.5) is 11.4 Å². The van der Waals surface area contributed by atoms with Gasteiger partial charge in [0.25, 0.3) is 5.91 Å². The lowest BCUT2D eigenvalue weighted by Crippen LogP contribution is -2.28. The molecule has 0 atom stereocenters. The van der Waals surface area contributed by atoms with Gasteiger partial charge in [-0.2, -0.15) is 0 Å². The fourth-order valence-corrected chi connectivity index (χ4v) is 4.38. The van der Waals surface area contributed by atoms with Gasteiger partial charge >= 0.3 is 0 Å². The quantitative estimate of drug-likeness (QED) is 0.337. The van der Waals surface area contributed by atoms with Gasteiger partial charge in [-0.1, -0.05) is 12.1 Å². The number of carbonyl (C=O) groups excluding carboxylic acids is 1. The monoisotopic (exact) mass is 460 g/mol. The van der Waals surface area contributed by atoms with Crippen LogP contribution in [0.5, 0.6) is 17.2 Å². The molecule has 1 aliphatic rings. The first-order chi connectivity index (χ1) is 15.7. The Morgan fingerprint density at radius 3 is 2.15 bits per heavy atom. The number of nitrogens with zero attached hydrogens (tertiary/aromatic N) is 2. The number of rotatable bonds is 3. The number of thioether (sulfide) groups is 1. The van der Waals surface area contributed by atoms with Crippen LogP contribution in [0.2, 0.25) is 0 Å². The molecule has 0 saturated carbocycles. The number of hydrogen-bond acceptors (Lipinski definition) is 6. The summed E-state index contributed by atoms with van der Waals surface area (Å²) in [4.78, 5) is 20.1. The Labute approximate surface area is 196 Å². The second-order valence-electron chi connectivity index (χ2n) is 8.05. The molecule has 3 aromatic carbocycles. The van der Waals surface area contributed by atoms with E-state index in [9.17, 15) is 20.1 Å². The third-order valence-corrected chi connectivity index (χ3v) is 6.69. The average Bonchev–Trinajstić information content (AvgIpc) is 3.07. The van der Waals surface area contributed by atoms with Crippen molar-refractivity contribution in [3.8, 4) is 17.2 Å². The van der Waals surface area contributed by atoms with Crippen LogP contribution in [0, 0.1) is 27.7 Å². The molecule has 6 nitrogen and oxygen atoms in total. The third kappa shape index (κ3) is 4.32. The van der Waals surface area contributed by atoms with Crippen molar-refractivity contribution < 1.29 is 20.1 Å². The molecule has 1 saturated heterocycles. The minimum Gasteiger partial charge on any atom is -0.504 e. The minimum atomic E-state index is -0.630. The summed E-state index contributed by atoms with van der Waals surface area (Å²) in [5, 5.41) is 30.1. The molecule has 1 fully saturated rings. The molecule has 1 amide bonds. The number of phenols is 3. The topological polar surface area (TPSA) is 93.4 Å². The molecule has 168 valence electrons. The molecule has 3 aromatic rings. The van der Waals surface area contributed by atoms with E-state index in [-0.39, 0.29) is 11.5 Å². The first kappa shape index (κ1) is 22.5. The third-order valence-electron chi connectivity index (χ3n) is 5.72. The van der Waals surface area contributed by atoms with Crippen molar-refractivity contribution in [2.75, 3.05) is 4.90 Å². The van der Waals surface area contributed by atoms with Crippen molar-refractivity contribution in [1.82, 2.24) is 0 Å². The predicted molar refractivity (Wildman–Crippen MR) is 133 cm³/mol. The molecule has 7 heteroatoms. The number of aryl methyl sites for hydroxylation is 4. The number of benzene rings is 3. The average molecular weight is 461 g/mol. The Morgan fingerprint density at radius 1 is 0.818 bits per heavy atom. The van der Waals surface area contributed by atoms with E-state index in [1.54, 1.807) is 4.90 Å².